The molecular formula is C15H31N3O. The van der Waals surface area contributed by atoms with Crippen LogP contribution in [0.5, 0.6) is 0 Å². The second-order valence-electron chi connectivity index (χ2n) is 5.53. The van der Waals surface area contributed by atoms with E-state index >= 15 is 0 Å². The molecule has 0 aliphatic carbocycles. The summed E-state index contributed by atoms with van der Waals surface area (Å²) in [7, 11) is 0. The highest BCUT2D eigenvalue weighted by atomic mass is 16.2. The molecule has 0 spiro atoms. The number of rotatable bonds is 7. The highest BCUT2D eigenvalue weighted by Gasteiger charge is 2.25. The predicted molar refractivity (Wildman–Crippen MR) is 80.2 cm³/mol. The summed E-state index contributed by atoms with van der Waals surface area (Å²) in [5.41, 5.74) is 0. The molecule has 1 atom stereocenters. The number of hydrogen-bond acceptors (Lipinski definition) is 3. The van der Waals surface area contributed by atoms with E-state index in [1.165, 1.54) is 12.8 Å². The Morgan fingerprint density at radius 3 is 2.32 bits per heavy atom. The molecule has 112 valence electrons. The third-order valence-corrected chi connectivity index (χ3v) is 4.34. The normalized spacial score (nSPS) is 19.4. The summed E-state index contributed by atoms with van der Waals surface area (Å²) in [6.45, 7) is 14.0. The standard InChI is InChI=1S/C15H31N3O/c1-5-16-13(4)14-8-10-17(11-9-14)12-15(19)18(6-2)7-3/h13-14,16H,5-12H2,1-4H3. The van der Waals surface area contributed by atoms with Gasteiger partial charge in [-0.2, -0.15) is 0 Å². The van der Waals surface area contributed by atoms with Gasteiger partial charge in [0.15, 0.2) is 0 Å². The summed E-state index contributed by atoms with van der Waals surface area (Å²) in [5.74, 6) is 1.04. The van der Waals surface area contributed by atoms with Crippen molar-refractivity contribution in [3.05, 3.63) is 0 Å². The maximum Gasteiger partial charge on any atom is 0.236 e. The summed E-state index contributed by atoms with van der Waals surface area (Å²) in [5, 5.41) is 3.51. The van der Waals surface area contributed by atoms with Gasteiger partial charge in [-0.1, -0.05) is 6.92 Å². The molecule has 0 aromatic rings. The van der Waals surface area contributed by atoms with E-state index in [0.29, 0.717) is 12.6 Å². The smallest absolute Gasteiger partial charge is 0.236 e. The van der Waals surface area contributed by atoms with E-state index in [0.717, 1.165) is 38.6 Å². The quantitative estimate of drug-likeness (QED) is 0.762. The minimum absolute atomic E-state index is 0.281. The number of amides is 1. The average Bonchev–Trinajstić information content (AvgIpc) is 2.41. The zero-order valence-electron chi connectivity index (χ0n) is 13.1. The van der Waals surface area contributed by atoms with Crippen LogP contribution in [-0.4, -0.2) is 61.0 Å². The van der Waals surface area contributed by atoms with Crippen molar-refractivity contribution in [2.45, 2.75) is 46.6 Å². The summed E-state index contributed by atoms with van der Waals surface area (Å²) < 4.78 is 0. The summed E-state index contributed by atoms with van der Waals surface area (Å²) >= 11 is 0. The molecule has 1 N–H and O–H groups in total. The molecule has 0 bridgehead atoms. The average molecular weight is 269 g/mol. The van der Waals surface area contributed by atoms with E-state index in [2.05, 4.69) is 24.1 Å². The van der Waals surface area contributed by atoms with Gasteiger partial charge in [0.25, 0.3) is 0 Å². The monoisotopic (exact) mass is 269 g/mol. The molecule has 1 fully saturated rings. The number of likely N-dealkylation sites (tertiary alicyclic amines) is 1. The number of nitrogens with zero attached hydrogens (tertiary/aromatic N) is 2. The van der Waals surface area contributed by atoms with Crippen LogP contribution in [0.3, 0.4) is 0 Å². The molecule has 0 radical (unpaired) electrons. The first kappa shape index (κ1) is 16.4. The highest BCUT2D eigenvalue weighted by Crippen LogP contribution is 2.20. The molecule has 1 aliphatic heterocycles. The molecular weight excluding hydrogens is 238 g/mol. The zero-order valence-corrected chi connectivity index (χ0v) is 13.1. The molecule has 4 nitrogen and oxygen atoms in total. The number of carbonyl (C=O) groups excluding carboxylic acids is 1. The Morgan fingerprint density at radius 1 is 1.26 bits per heavy atom. The molecule has 1 rings (SSSR count). The molecule has 1 unspecified atom stereocenters. The van der Waals surface area contributed by atoms with E-state index in [1.54, 1.807) is 0 Å². The lowest BCUT2D eigenvalue weighted by atomic mass is 9.90. The molecule has 1 aliphatic rings. The fourth-order valence-corrected chi connectivity index (χ4v) is 2.97. The lowest BCUT2D eigenvalue weighted by Crippen LogP contribution is -2.46. The van der Waals surface area contributed by atoms with Crippen molar-refractivity contribution >= 4 is 5.91 Å². The van der Waals surface area contributed by atoms with Gasteiger partial charge in [0.2, 0.25) is 5.91 Å². The van der Waals surface area contributed by atoms with Crippen molar-refractivity contribution in [2.24, 2.45) is 5.92 Å². The Kier molecular flexibility index (Phi) is 7.39. The Bertz CT molecular complexity index is 258. The molecule has 0 aromatic carbocycles. The van der Waals surface area contributed by atoms with Crippen LogP contribution >= 0.6 is 0 Å². The minimum Gasteiger partial charge on any atom is -0.342 e. The molecule has 1 heterocycles. The van der Waals surface area contributed by atoms with Gasteiger partial charge < -0.3 is 10.2 Å². The van der Waals surface area contributed by atoms with Crippen LogP contribution in [0, 0.1) is 5.92 Å². The molecule has 1 amide bonds. The molecule has 0 aromatic heterocycles. The summed E-state index contributed by atoms with van der Waals surface area (Å²) in [6.07, 6.45) is 2.42. The topological polar surface area (TPSA) is 35.6 Å². The predicted octanol–water partition coefficient (Wildman–Crippen LogP) is 1.56. The van der Waals surface area contributed by atoms with Crippen LogP contribution in [0.4, 0.5) is 0 Å². The number of hydrogen-bond donors (Lipinski definition) is 1. The SMILES string of the molecule is CCNC(C)C1CCN(CC(=O)N(CC)CC)CC1. The van der Waals surface area contributed by atoms with Crippen LogP contribution in [0.2, 0.25) is 0 Å². The third kappa shape index (κ3) is 5.11. The van der Waals surface area contributed by atoms with E-state index in [-0.39, 0.29) is 5.91 Å². The second kappa shape index (κ2) is 8.54. The zero-order chi connectivity index (χ0) is 14.3. The van der Waals surface area contributed by atoms with Crippen molar-refractivity contribution in [3.63, 3.8) is 0 Å². The van der Waals surface area contributed by atoms with Crippen LogP contribution in [0.1, 0.15) is 40.5 Å². The maximum atomic E-state index is 12.1. The summed E-state index contributed by atoms with van der Waals surface area (Å²) in [4.78, 5) is 16.3. The van der Waals surface area contributed by atoms with Gasteiger partial charge in [0.05, 0.1) is 6.54 Å². The first-order valence-corrected chi connectivity index (χ1v) is 7.85. The fourth-order valence-electron chi connectivity index (χ4n) is 2.97. The number of likely N-dealkylation sites (N-methyl/N-ethyl adjacent to an activating group) is 1. The Hall–Kier alpha value is -0.610. The lowest BCUT2D eigenvalue weighted by Gasteiger charge is -2.35. The van der Waals surface area contributed by atoms with Crippen molar-refractivity contribution in [2.75, 3.05) is 39.3 Å². The largest absolute Gasteiger partial charge is 0.342 e. The van der Waals surface area contributed by atoms with E-state index in [1.807, 2.05) is 18.7 Å². The Balaban J connectivity index is 2.32. The number of nitrogens with one attached hydrogen (secondary N) is 1. The van der Waals surface area contributed by atoms with Crippen molar-refractivity contribution in [1.29, 1.82) is 0 Å². The van der Waals surface area contributed by atoms with Crippen LogP contribution < -0.4 is 5.32 Å². The van der Waals surface area contributed by atoms with Crippen LogP contribution in [-0.2, 0) is 4.79 Å². The lowest BCUT2D eigenvalue weighted by molar-refractivity contribution is -0.132. The first-order chi connectivity index (χ1) is 9.12. The minimum atomic E-state index is 0.281. The van der Waals surface area contributed by atoms with Gasteiger partial charge in [0.1, 0.15) is 0 Å². The summed E-state index contributed by atoms with van der Waals surface area (Å²) in [6, 6.07) is 0.602. The van der Waals surface area contributed by atoms with Gasteiger partial charge in [-0.25, -0.2) is 0 Å². The number of piperidine rings is 1. The van der Waals surface area contributed by atoms with E-state index < -0.39 is 0 Å². The molecule has 1 saturated heterocycles. The van der Waals surface area contributed by atoms with Gasteiger partial charge in [-0.3, -0.25) is 9.69 Å². The molecule has 0 saturated carbocycles. The van der Waals surface area contributed by atoms with Crippen molar-refractivity contribution in [3.8, 4) is 0 Å². The molecule has 19 heavy (non-hydrogen) atoms. The second-order valence-corrected chi connectivity index (χ2v) is 5.53. The van der Waals surface area contributed by atoms with Crippen molar-refractivity contribution < 1.29 is 4.79 Å². The van der Waals surface area contributed by atoms with Gasteiger partial charge >= 0.3 is 0 Å². The number of carbonyl (C=O) groups is 1. The van der Waals surface area contributed by atoms with Gasteiger partial charge in [-0.15, -0.1) is 0 Å². The molecule has 4 heteroatoms. The van der Waals surface area contributed by atoms with Crippen LogP contribution in [0.25, 0.3) is 0 Å². The van der Waals surface area contributed by atoms with E-state index in [4.69, 9.17) is 0 Å². The van der Waals surface area contributed by atoms with Crippen LogP contribution in [0.15, 0.2) is 0 Å². The third-order valence-electron chi connectivity index (χ3n) is 4.34. The Labute approximate surface area is 118 Å². The van der Waals surface area contributed by atoms with E-state index in [9.17, 15) is 4.79 Å². The first-order valence-electron chi connectivity index (χ1n) is 7.85. The maximum absolute atomic E-state index is 12.1. The van der Waals surface area contributed by atoms with Gasteiger partial charge in [0, 0.05) is 19.1 Å². The Morgan fingerprint density at radius 2 is 1.84 bits per heavy atom. The van der Waals surface area contributed by atoms with Crippen molar-refractivity contribution in [1.82, 2.24) is 15.1 Å². The fraction of sp³-hybridized carbons (Fsp3) is 0.933. The highest BCUT2D eigenvalue weighted by molar-refractivity contribution is 5.78. The van der Waals surface area contributed by atoms with Gasteiger partial charge in [-0.05, 0) is 59.2 Å².